The largest absolute Gasteiger partial charge is 2.00 e. The van der Waals surface area contributed by atoms with Crippen LogP contribution in [0.4, 0.5) is 50.4 Å². The van der Waals surface area contributed by atoms with E-state index in [4.69, 9.17) is 38.4 Å². The van der Waals surface area contributed by atoms with Gasteiger partial charge in [-0.2, -0.15) is 0 Å². The van der Waals surface area contributed by atoms with Crippen LogP contribution in [0.15, 0.2) is 146 Å². The summed E-state index contributed by atoms with van der Waals surface area (Å²) in [5, 5.41) is 0. The molecule has 27 heteroatoms. The molecule has 0 unspecified atom stereocenters. The topological polar surface area (TPSA) is 133 Å². The molecule has 0 aliphatic rings. The normalized spacial score (nSPS) is 12.7. The average molecular weight is 1190 g/mol. The molecule has 6 aromatic heterocycles. The first-order valence-electron chi connectivity index (χ1n) is 20.8. The first-order valence-corrected chi connectivity index (χ1v) is 24.9. The minimum absolute atomic E-state index is 0. The maximum absolute atomic E-state index is 10.7. The number of methoxy groups -OCH3 is 6. The van der Waals surface area contributed by atoms with E-state index in [9.17, 15) is 50.4 Å². The van der Waals surface area contributed by atoms with E-state index in [1.165, 1.54) is 0 Å². The van der Waals surface area contributed by atoms with Crippen LogP contribution in [0, 0.1) is 0 Å². The summed E-state index contributed by atoms with van der Waals surface area (Å²) in [6, 6.07) is 38.5. The first-order chi connectivity index (χ1) is 34.4. The van der Waals surface area contributed by atoms with Gasteiger partial charge in [0.25, 0.3) is 0 Å². The summed E-state index contributed by atoms with van der Waals surface area (Å²) in [7, 11) is -11.7. The number of pyridine rings is 6. The van der Waals surface area contributed by atoms with Crippen molar-refractivity contribution in [3.63, 3.8) is 0 Å². The van der Waals surface area contributed by atoms with E-state index in [1.54, 1.807) is 67.4 Å². The Kier molecular flexibility index (Phi) is 18.3. The van der Waals surface area contributed by atoms with Gasteiger partial charge in [0.2, 0.25) is 11.5 Å². The molecular weight excluding hydrogens is 1150 g/mol. The number of benzene rings is 2. The summed E-state index contributed by atoms with van der Waals surface area (Å²) < 4.78 is 152. The summed E-state index contributed by atoms with van der Waals surface area (Å²) in [5.74, 6) is 3.44. The Morgan fingerprint density at radius 3 is 0.733 bits per heavy atom. The van der Waals surface area contributed by atoms with Crippen LogP contribution in [0.1, 0.15) is 0 Å². The predicted molar refractivity (Wildman–Crippen MR) is 259 cm³/mol. The Morgan fingerprint density at radius 1 is 0.307 bits per heavy atom. The SMILES string of the molecule is COc1ccc(-c2cc(-c3ccccn3)nc(-c3ccccn3)c2)c(OC)c1OC.COc1ccc(-c2cc(-c3ccccn3)nc(-c3ccccn3)c2)c(OC)c1OC.F[P-](F)(F)(F)(F)F.F[P-](F)(F)(F)(F)F.[Ru+2]. The van der Waals surface area contributed by atoms with E-state index in [2.05, 4.69) is 19.9 Å². The Hall–Kier alpha value is -7.22. The van der Waals surface area contributed by atoms with Gasteiger partial charge in [-0.1, -0.05) is 24.3 Å². The second kappa shape index (κ2) is 22.7. The molecule has 75 heavy (non-hydrogen) atoms. The molecule has 8 rings (SSSR count). The van der Waals surface area contributed by atoms with E-state index in [0.29, 0.717) is 34.5 Å². The van der Waals surface area contributed by atoms with Crippen LogP contribution in [0.3, 0.4) is 0 Å². The summed E-state index contributed by atoms with van der Waals surface area (Å²) >= 11 is 0. The number of rotatable bonds is 12. The number of hydrogen-bond donors (Lipinski definition) is 0. The molecule has 0 atom stereocenters. The van der Waals surface area contributed by atoms with E-state index in [0.717, 1.165) is 67.8 Å². The number of nitrogens with zero attached hydrogens (tertiary/aromatic N) is 6. The molecule has 0 saturated heterocycles. The molecule has 0 amide bonds. The van der Waals surface area contributed by atoms with E-state index < -0.39 is 15.6 Å². The number of hydrogen-bond acceptors (Lipinski definition) is 12. The van der Waals surface area contributed by atoms with Crippen molar-refractivity contribution in [2.24, 2.45) is 0 Å². The first kappa shape index (κ1) is 60.3. The molecule has 2 aromatic carbocycles. The van der Waals surface area contributed by atoms with E-state index in [-0.39, 0.29) is 19.5 Å². The monoisotopic (exact) mass is 1190 g/mol. The van der Waals surface area contributed by atoms with Crippen LogP contribution in [0.2, 0.25) is 0 Å². The Labute approximate surface area is 433 Å². The minimum atomic E-state index is -10.7. The van der Waals surface area contributed by atoms with Gasteiger partial charge in [0.15, 0.2) is 23.0 Å². The number of halogens is 12. The van der Waals surface area contributed by atoms with Gasteiger partial charge < -0.3 is 28.4 Å². The van der Waals surface area contributed by atoms with E-state index >= 15 is 0 Å². The maximum atomic E-state index is 9.87. The van der Waals surface area contributed by atoms with Gasteiger partial charge in [-0.25, -0.2) is 9.97 Å². The van der Waals surface area contributed by atoms with Gasteiger partial charge in [0, 0.05) is 35.9 Å². The molecule has 0 aliphatic carbocycles. The van der Waals surface area contributed by atoms with Crippen LogP contribution in [-0.4, -0.2) is 72.6 Å². The molecule has 0 aliphatic heterocycles. The van der Waals surface area contributed by atoms with Crippen LogP contribution >= 0.6 is 15.6 Å². The maximum Gasteiger partial charge on any atom is 2.00 e. The fourth-order valence-corrected chi connectivity index (χ4v) is 6.61. The van der Waals surface area contributed by atoms with Crippen molar-refractivity contribution in [3.8, 4) is 102 Å². The van der Waals surface area contributed by atoms with Gasteiger partial charge in [-0.05, 0) is 108 Å². The minimum Gasteiger partial charge on any atom is 2.00 e. The van der Waals surface area contributed by atoms with Gasteiger partial charge in [-0.15, -0.1) is 0 Å². The second-order valence-electron chi connectivity index (χ2n) is 14.8. The van der Waals surface area contributed by atoms with Crippen molar-refractivity contribution in [1.82, 2.24) is 29.9 Å². The predicted octanol–water partition coefficient (Wildman–Crippen LogP) is 16.6. The zero-order valence-corrected chi connectivity index (χ0v) is 43.3. The summed E-state index contributed by atoms with van der Waals surface area (Å²) in [5.41, 5.74) is 9.58. The number of aromatic nitrogens is 6. The van der Waals surface area contributed by atoms with Gasteiger partial charge in [0.1, 0.15) is 0 Å². The standard InChI is InChI=1S/2C24H21N3O3.2F6P.Ru/c2*1-28-22-11-10-17(23(29-2)24(22)30-3)16-14-20(18-8-4-6-12-25-18)27-21(15-16)19-9-5-7-13-26-19;2*1-7(2,3,4,5)6;/h2*4-15H,1-3H3;;;/q;;2*-1;+2. The molecule has 6 heterocycles. The van der Waals surface area contributed by atoms with Crippen LogP contribution < -0.4 is 28.4 Å². The van der Waals surface area contributed by atoms with Crippen molar-refractivity contribution in [3.05, 3.63) is 146 Å². The van der Waals surface area contributed by atoms with Crippen molar-refractivity contribution in [2.75, 3.05) is 42.7 Å². The molecule has 0 spiro atoms. The molecule has 0 radical (unpaired) electrons. The fourth-order valence-electron chi connectivity index (χ4n) is 6.61. The fraction of sp³-hybridized carbons (Fsp3) is 0.125. The van der Waals surface area contributed by atoms with E-state index in [1.807, 2.05) is 121 Å². The molecule has 402 valence electrons. The summed E-state index contributed by atoms with van der Waals surface area (Å²) in [4.78, 5) is 27.5. The molecule has 12 nitrogen and oxygen atoms in total. The molecule has 8 aromatic rings. The zero-order chi connectivity index (χ0) is 54.7. The Balaban J connectivity index is 0.000000256. The zero-order valence-electron chi connectivity index (χ0n) is 39.8. The van der Waals surface area contributed by atoms with Gasteiger partial charge in [-0.3, -0.25) is 19.9 Å². The van der Waals surface area contributed by atoms with Crippen molar-refractivity contribution >= 4 is 15.6 Å². The second-order valence-corrected chi connectivity index (χ2v) is 18.6. The van der Waals surface area contributed by atoms with Crippen LogP contribution in [0.5, 0.6) is 34.5 Å². The van der Waals surface area contributed by atoms with Crippen LogP contribution in [-0.2, 0) is 19.5 Å². The van der Waals surface area contributed by atoms with Gasteiger partial charge in [0.05, 0.1) is 88.2 Å². The summed E-state index contributed by atoms with van der Waals surface area (Å²) in [6.07, 6.45) is 7.00. The molecule has 0 bridgehead atoms. The third-order valence-electron chi connectivity index (χ3n) is 9.39. The van der Waals surface area contributed by atoms with Crippen LogP contribution in [0.25, 0.3) is 67.8 Å². The van der Waals surface area contributed by atoms with Crippen molar-refractivity contribution < 1.29 is 98.3 Å². The van der Waals surface area contributed by atoms with Crippen molar-refractivity contribution in [2.45, 2.75) is 0 Å². The quantitative estimate of drug-likeness (QED) is 0.0655. The molecule has 0 fully saturated rings. The average Bonchev–Trinajstić information content (AvgIpc) is 3.36. The van der Waals surface area contributed by atoms with Crippen molar-refractivity contribution in [1.29, 1.82) is 0 Å². The molecular formula is C48H42F12N6O6P2Ru. The molecule has 0 N–H and O–H groups in total. The third-order valence-corrected chi connectivity index (χ3v) is 9.39. The number of ether oxygens (including phenoxy) is 6. The Morgan fingerprint density at radius 2 is 0.547 bits per heavy atom. The Bertz CT molecular complexity index is 2830. The molecule has 0 saturated carbocycles. The summed E-state index contributed by atoms with van der Waals surface area (Å²) in [6.45, 7) is 0. The van der Waals surface area contributed by atoms with Gasteiger partial charge >= 0.3 is 85.5 Å². The smallest absolute Gasteiger partial charge is 2.00 e. The third kappa shape index (κ3) is 19.9.